The molecule has 0 saturated carbocycles. The molecule has 0 saturated heterocycles. The molecule has 2 amide bonds. The van der Waals surface area contributed by atoms with E-state index in [1.54, 1.807) is 36.4 Å². The van der Waals surface area contributed by atoms with Crippen molar-refractivity contribution in [3.05, 3.63) is 89.5 Å². The van der Waals surface area contributed by atoms with Crippen molar-refractivity contribution in [2.75, 3.05) is 24.5 Å². The Bertz CT molecular complexity index is 1440. The lowest BCUT2D eigenvalue weighted by molar-refractivity contribution is -0.140. The van der Waals surface area contributed by atoms with Crippen LogP contribution in [0.5, 0.6) is 5.75 Å². The first-order valence-corrected chi connectivity index (χ1v) is 15.3. The number of hydrogen-bond donors (Lipinski definition) is 1. The number of carbonyl (C=O) groups is 2. The largest absolute Gasteiger partial charge is 0.497 e. The zero-order chi connectivity index (χ0) is 30.2. The first-order chi connectivity index (χ1) is 19.5. The predicted octanol–water partition coefficient (Wildman–Crippen LogP) is 5.09. The maximum Gasteiger partial charge on any atom is 0.264 e. The summed E-state index contributed by atoms with van der Waals surface area (Å²) in [6.07, 6.45) is 0.366. The van der Waals surface area contributed by atoms with Crippen molar-refractivity contribution >= 4 is 27.5 Å². The van der Waals surface area contributed by atoms with E-state index in [1.165, 1.54) is 24.1 Å². The van der Waals surface area contributed by atoms with Crippen molar-refractivity contribution < 1.29 is 22.7 Å². The second-order valence-corrected chi connectivity index (χ2v) is 12.5. The number of carbonyl (C=O) groups excluding carboxylic acids is 2. The number of anilines is 1. The highest BCUT2D eigenvalue weighted by Gasteiger charge is 2.33. The van der Waals surface area contributed by atoms with Gasteiger partial charge in [-0.25, -0.2) is 8.42 Å². The van der Waals surface area contributed by atoms with Crippen molar-refractivity contribution in [1.29, 1.82) is 0 Å². The Morgan fingerprint density at radius 3 is 2.22 bits per heavy atom. The number of aryl methyl sites for hydroxylation is 2. The van der Waals surface area contributed by atoms with Crippen LogP contribution in [0.1, 0.15) is 43.9 Å². The fraction of sp³-hybridized carbons (Fsp3) is 0.375. The average Bonchev–Trinajstić information content (AvgIpc) is 2.94. The minimum Gasteiger partial charge on any atom is -0.497 e. The molecule has 3 aromatic carbocycles. The van der Waals surface area contributed by atoms with Crippen LogP contribution >= 0.6 is 0 Å². The highest BCUT2D eigenvalue weighted by Crippen LogP contribution is 2.28. The Balaban J connectivity index is 2.07. The molecule has 0 aliphatic carbocycles. The summed E-state index contributed by atoms with van der Waals surface area (Å²) in [5.74, 6) is -0.0659. The SMILES string of the molecule is CCC(C(=O)NCC(C)C)N(Cc1cccc(C)c1)C(=O)CN(c1cccc(OC)c1)S(=O)(=O)c1ccc(C)cc1. The Hall–Kier alpha value is -3.85. The van der Waals surface area contributed by atoms with E-state index in [-0.39, 0.29) is 29.0 Å². The number of amides is 2. The Morgan fingerprint density at radius 2 is 1.61 bits per heavy atom. The molecule has 1 atom stereocenters. The highest BCUT2D eigenvalue weighted by atomic mass is 32.2. The maximum absolute atomic E-state index is 14.2. The standard InChI is InChI=1S/C32H41N3O5S/c1-7-30(32(37)33-20-23(2)3)34(21-26-11-8-10-25(5)18-26)31(36)22-35(27-12-9-13-28(19-27)40-6)41(38,39)29-16-14-24(4)15-17-29/h8-19,23,30H,7,20-22H2,1-6H3,(H,33,37). The van der Waals surface area contributed by atoms with Gasteiger partial charge >= 0.3 is 0 Å². The average molecular weight is 580 g/mol. The summed E-state index contributed by atoms with van der Waals surface area (Å²) in [5, 5.41) is 2.95. The second kappa shape index (κ2) is 14.2. The van der Waals surface area contributed by atoms with Gasteiger partial charge < -0.3 is 15.0 Å². The van der Waals surface area contributed by atoms with Crippen molar-refractivity contribution in [1.82, 2.24) is 10.2 Å². The van der Waals surface area contributed by atoms with Gasteiger partial charge in [-0.2, -0.15) is 0 Å². The van der Waals surface area contributed by atoms with Gasteiger partial charge in [-0.3, -0.25) is 13.9 Å². The van der Waals surface area contributed by atoms with Gasteiger partial charge in [0.05, 0.1) is 17.7 Å². The van der Waals surface area contributed by atoms with Crippen LogP contribution in [0.4, 0.5) is 5.69 Å². The minimum atomic E-state index is -4.15. The molecule has 0 aromatic heterocycles. The molecule has 0 fully saturated rings. The molecule has 0 aliphatic rings. The zero-order valence-corrected chi connectivity index (χ0v) is 25.6. The summed E-state index contributed by atoms with van der Waals surface area (Å²) in [7, 11) is -2.65. The van der Waals surface area contributed by atoms with E-state index in [4.69, 9.17) is 4.74 Å². The highest BCUT2D eigenvalue weighted by molar-refractivity contribution is 7.92. The van der Waals surface area contributed by atoms with Crippen LogP contribution in [0.25, 0.3) is 0 Å². The molecule has 3 aromatic rings. The molecule has 220 valence electrons. The quantitative estimate of drug-likeness (QED) is 0.305. The van der Waals surface area contributed by atoms with Crippen LogP contribution in [0.15, 0.2) is 77.7 Å². The van der Waals surface area contributed by atoms with Crippen LogP contribution in [-0.2, 0) is 26.2 Å². The number of hydrogen-bond acceptors (Lipinski definition) is 5. The molecule has 0 aliphatic heterocycles. The van der Waals surface area contributed by atoms with Crippen molar-refractivity contribution in [3.8, 4) is 5.75 Å². The summed E-state index contributed by atoms with van der Waals surface area (Å²) < 4.78 is 34.4. The van der Waals surface area contributed by atoms with E-state index >= 15 is 0 Å². The number of methoxy groups -OCH3 is 1. The Kier molecular flexibility index (Phi) is 10.9. The Morgan fingerprint density at radius 1 is 0.927 bits per heavy atom. The number of nitrogens with zero attached hydrogens (tertiary/aromatic N) is 2. The predicted molar refractivity (Wildman–Crippen MR) is 162 cm³/mol. The minimum absolute atomic E-state index is 0.0608. The summed E-state index contributed by atoms with van der Waals surface area (Å²) in [4.78, 5) is 29.0. The Labute approximate surface area is 244 Å². The lowest BCUT2D eigenvalue weighted by Gasteiger charge is -2.33. The van der Waals surface area contributed by atoms with E-state index in [1.807, 2.05) is 58.9 Å². The smallest absolute Gasteiger partial charge is 0.264 e. The van der Waals surface area contributed by atoms with E-state index in [2.05, 4.69) is 5.32 Å². The monoisotopic (exact) mass is 579 g/mol. The molecule has 41 heavy (non-hydrogen) atoms. The van der Waals surface area contributed by atoms with Gasteiger partial charge in [0.25, 0.3) is 10.0 Å². The van der Waals surface area contributed by atoms with Gasteiger partial charge in [0.2, 0.25) is 11.8 Å². The number of rotatable bonds is 13. The van der Waals surface area contributed by atoms with E-state index in [9.17, 15) is 18.0 Å². The summed E-state index contributed by atoms with van der Waals surface area (Å²) >= 11 is 0. The van der Waals surface area contributed by atoms with Gasteiger partial charge in [-0.1, -0.05) is 74.4 Å². The van der Waals surface area contributed by atoms with Crippen molar-refractivity contribution in [3.63, 3.8) is 0 Å². The molecular formula is C32H41N3O5S. The van der Waals surface area contributed by atoms with Gasteiger partial charge in [0.15, 0.2) is 0 Å². The first-order valence-electron chi connectivity index (χ1n) is 13.8. The van der Waals surface area contributed by atoms with E-state index in [0.717, 1.165) is 21.0 Å². The van der Waals surface area contributed by atoms with Crippen molar-refractivity contribution in [2.24, 2.45) is 5.92 Å². The fourth-order valence-corrected chi connectivity index (χ4v) is 5.89. The number of ether oxygens (including phenoxy) is 1. The first kappa shape index (κ1) is 31.7. The van der Waals surface area contributed by atoms with Gasteiger partial charge in [-0.05, 0) is 56.0 Å². The zero-order valence-electron chi connectivity index (χ0n) is 24.8. The van der Waals surface area contributed by atoms with Crippen LogP contribution in [0.3, 0.4) is 0 Å². The van der Waals surface area contributed by atoms with Gasteiger partial charge in [0, 0.05) is 19.2 Å². The fourth-order valence-electron chi connectivity index (χ4n) is 4.48. The van der Waals surface area contributed by atoms with E-state index in [0.29, 0.717) is 18.7 Å². The third-order valence-electron chi connectivity index (χ3n) is 6.74. The molecular weight excluding hydrogens is 538 g/mol. The summed E-state index contributed by atoms with van der Waals surface area (Å²) in [6.45, 7) is 9.81. The van der Waals surface area contributed by atoms with Crippen molar-refractivity contribution in [2.45, 2.75) is 58.5 Å². The molecule has 0 spiro atoms. The van der Waals surface area contributed by atoms with Crippen LogP contribution < -0.4 is 14.4 Å². The summed E-state index contributed by atoms with van der Waals surface area (Å²) in [5.41, 5.74) is 3.07. The lowest BCUT2D eigenvalue weighted by Crippen LogP contribution is -2.52. The number of sulfonamides is 1. The molecule has 0 heterocycles. The normalized spacial score (nSPS) is 12.1. The number of benzene rings is 3. The van der Waals surface area contributed by atoms with Gasteiger partial charge in [0.1, 0.15) is 18.3 Å². The molecule has 1 N–H and O–H groups in total. The third kappa shape index (κ3) is 8.33. The third-order valence-corrected chi connectivity index (χ3v) is 8.52. The lowest BCUT2D eigenvalue weighted by atomic mass is 10.1. The molecule has 1 unspecified atom stereocenters. The topological polar surface area (TPSA) is 96.0 Å². The van der Waals surface area contributed by atoms with Crippen LogP contribution in [-0.4, -0.2) is 51.4 Å². The second-order valence-electron chi connectivity index (χ2n) is 10.6. The molecule has 9 heteroatoms. The number of nitrogens with one attached hydrogen (secondary N) is 1. The van der Waals surface area contributed by atoms with E-state index < -0.39 is 28.5 Å². The molecule has 0 bridgehead atoms. The van der Waals surface area contributed by atoms with Crippen LogP contribution in [0, 0.1) is 19.8 Å². The molecule has 0 radical (unpaired) electrons. The summed E-state index contributed by atoms with van der Waals surface area (Å²) in [6, 6.07) is 20.0. The van der Waals surface area contributed by atoms with Gasteiger partial charge in [-0.15, -0.1) is 0 Å². The maximum atomic E-state index is 14.2. The molecule has 8 nitrogen and oxygen atoms in total. The molecule has 3 rings (SSSR count). The van der Waals surface area contributed by atoms with Crippen LogP contribution in [0.2, 0.25) is 0 Å².